The summed E-state index contributed by atoms with van der Waals surface area (Å²) in [5.74, 6) is -0.257. The van der Waals surface area contributed by atoms with Crippen molar-refractivity contribution in [3.8, 4) is 0 Å². The molecule has 0 aliphatic carbocycles. The number of hydrogen-bond donors (Lipinski definition) is 3. The summed E-state index contributed by atoms with van der Waals surface area (Å²) in [5.41, 5.74) is 7.47. The van der Waals surface area contributed by atoms with E-state index in [1.165, 1.54) is 0 Å². The van der Waals surface area contributed by atoms with Crippen LogP contribution in [0.4, 0.5) is 5.69 Å². The van der Waals surface area contributed by atoms with E-state index in [4.69, 9.17) is 17.3 Å². The summed E-state index contributed by atoms with van der Waals surface area (Å²) in [6.45, 7) is 3.23. The second kappa shape index (κ2) is 10.3. The van der Waals surface area contributed by atoms with Crippen molar-refractivity contribution in [1.29, 1.82) is 0 Å². The van der Waals surface area contributed by atoms with E-state index in [1.807, 2.05) is 66.4 Å². The molecule has 0 radical (unpaired) electrons. The molecular weight excluding hydrogens is 350 g/mol. The Morgan fingerprint density at radius 2 is 1.85 bits per heavy atom. The average Bonchev–Trinajstić information content (AvgIpc) is 2.66. The molecule has 0 bridgehead atoms. The zero-order valence-electron chi connectivity index (χ0n) is 14.9. The van der Waals surface area contributed by atoms with Crippen molar-refractivity contribution in [3.63, 3.8) is 0 Å². The number of nitrogens with zero attached hydrogens (tertiary/aromatic N) is 1. The molecule has 4 N–H and O–H groups in total. The van der Waals surface area contributed by atoms with E-state index in [9.17, 15) is 9.90 Å². The standard InChI is InChI=1S/C20H26ClN3O2/c1-2-24(13-12-15-8-10-16(21)11-9-15)19(18(25)14-22)20(26)23-17-6-4-3-5-7-17/h3-11,18-19,25H,2,12-14,22H2,1H3,(H,23,26). The van der Waals surface area contributed by atoms with E-state index in [2.05, 4.69) is 5.32 Å². The van der Waals surface area contributed by atoms with Crippen LogP contribution in [0.2, 0.25) is 5.02 Å². The van der Waals surface area contributed by atoms with Crippen molar-refractivity contribution in [3.05, 3.63) is 65.2 Å². The molecule has 1 amide bonds. The maximum atomic E-state index is 12.8. The number of para-hydroxylation sites is 1. The normalized spacial score (nSPS) is 13.4. The lowest BCUT2D eigenvalue weighted by molar-refractivity contribution is -0.125. The average molecular weight is 376 g/mol. The van der Waals surface area contributed by atoms with Crippen LogP contribution in [0, 0.1) is 0 Å². The lowest BCUT2D eigenvalue weighted by Gasteiger charge is -2.32. The highest BCUT2D eigenvalue weighted by atomic mass is 35.5. The second-order valence-corrected chi connectivity index (χ2v) is 6.54. The van der Waals surface area contributed by atoms with Crippen LogP contribution in [-0.2, 0) is 11.2 Å². The fraction of sp³-hybridized carbons (Fsp3) is 0.350. The van der Waals surface area contributed by atoms with E-state index in [1.54, 1.807) is 0 Å². The number of carbonyl (C=O) groups is 1. The van der Waals surface area contributed by atoms with Crippen LogP contribution < -0.4 is 11.1 Å². The Morgan fingerprint density at radius 3 is 2.42 bits per heavy atom. The van der Waals surface area contributed by atoms with Crippen LogP contribution in [0.25, 0.3) is 0 Å². The summed E-state index contributed by atoms with van der Waals surface area (Å²) >= 11 is 5.92. The fourth-order valence-corrected chi connectivity index (χ4v) is 2.99. The number of anilines is 1. The molecule has 6 heteroatoms. The Balaban J connectivity index is 2.08. The van der Waals surface area contributed by atoms with Crippen molar-refractivity contribution >= 4 is 23.2 Å². The van der Waals surface area contributed by atoms with Gasteiger partial charge in [-0.25, -0.2) is 0 Å². The van der Waals surface area contributed by atoms with E-state index < -0.39 is 12.1 Å². The highest BCUT2D eigenvalue weighted by molar-refractivity contribution is 6.30. The molecular formula is C20H26ClN3O2. The summed E-state index contributed by atoms with van der Waals surface area (Å²) in [6.07, 6.45) is -0.193. The molecule has 2 unspecified atom stereocenters. The molecule has 2 rings (SSSR count). The minimum Gasteiger partial charge on any atom is -0.390 e. The Hall–Kier alpha value is -1.92. The Morgan fingerprint density at radius 1 is 1.19 bits per heavy atom. The number of aliphatic hydroxyl groups excluding tert-OH is 1. The first-order valence-corrected chi connectivity index (χ1v) is 9.15. The highest BCUT2D eigenvalue weighted by Gasteiger charge is 2.31. The first-order valence-electron chi connectivity index (χ1n) is 8.77. The van der Waals surface area contributed by atoms with Crippen LogP contribution >= 0.6 is 11.6 Å². The van der Waals surface area contributed by atoms with Gasteiger partial charge in [0.05, 0.1) is 6.10 Å². The van der Waals surface area contributed by atoms with Crippen molar-refractivity contribution < 1.29 is 9.90 Å². The predicted molar refractivity (Wildman–Crippen MR) is 106 cm³/mol. The number of amides is 1. The summed E-state index contributed by atoms with van der Waals surface area (Å²) in [4.78, 5) is 14.7. The summed E-state index contributed by atoms with van der Waals surface area (Å²) < 4.78 is 0. The Labute approximate surface area is 159 Å². The minimum atomic E-state index is -0.941. The lowest BCUT2D eigenvalue weighted by Crippen LogP contribution is -2.54. The molecule has 0 saturated heterocycles. The number of aliphatic hydroxyl groups is 1. The Kier molecular flexibility index (Phi) is 8.06. The first kappa shape index (κ1) is 20.4. The third-order valence-electron chi connectivity index (χ3n) is 4.32. The molecule has 2 aromatic carbocycles. The minimum absolute atomic E-state index is 0.0182. The fourth-order valence-electron chi connectivity index (χ4n) is 2.87. The molecule has 5 nitrogen and oxygen atoms in total. The SMILES string of the molecule is CCN(CCc1ccc(Cl)cc1)C(C(=O)Nc1ccccc1)C(O)CN. The third kappa shape index (κ3) is 5.81. The zero-order chi connectivity index (χ0) is 18.9. The van der Waals surface area contributed by atoms with Crippen molar-refractivity contribution in [2.75, 3.05) is 25.0 Å². The summed E-state index contributed by atoms with van der Waals surface area (Å²) in [5, 5.41) is 13.9. The third-order valence-corrected chi connectivity index (χ3v) is 4.57. The van der Waals surface area contributed by atoms with Gasteiger partial charge in [0.25, 0.3) is 0 Å². The van der Waals surface area contributed by atoms with E-state index in [0.717, 1.165) is 12.0 Å². The summed E-state index contributed by atoms with van der Waals surface area (Å²) in [6, 6.07) is 16.1. The first-order chi connectivity index (χ1) is 12.5. The topological polar surface area (TPSA) is 78.6 Å². The highest BCUT2D eigenvalue weighted by Crippen LogP contribution is 2.14. The predicted octanol–water partition coefficient (Wildman–Crippen LogP) is 2.53. The molecule has 0 aliphatic heterocycles. The number of carbonyl (C=O) groups excluding carboxylic acids is 1. The molecule has 26 heavy (non-hydrogen) atoms. The molecule has 0 aliphatic rings. The lowest BCUT2D eigenvalue weighted by atomic mass is 10.1. The van der Waals surface area contributed by atoms with Gasteiger partial charge in [-0.15, -0.1) is 0 Å². The van der Waals surface area contributed by atoms with Gasteiger partial charge in [0.1, 0.15) is 6.04 Å². The molecule has 0 spiro atoms. The maximum absolute atomic E-state index is 12.8. The number of likely N-dealkylation sites (N-methyl/N-ethyl adjacent to an activating group) is 1. The van der Waals surface area contributed by atoms with Gasteiger partial charge in [-0.1, -0.05) is 48.9 Å². The number of rotatable bonds is 9. The monoisotopic (exact) mass is 375 g/mol. The van der Waals surface area contributed by atoms with E-state index in [0.29, 0.717) is 23.8 Å². The van der Waals surface area contributed by atoms with Crippen molar-refractivity contribution in [2.45, 2.75) is 25.5 Å². The Bertz CT molecular complexity index is 679. The molecule has 0 fully saturated rings. The quantitative estimate of drug-likeness (QED) is 0.629. The smallest absolute Gasteiger partial charge is 0.244 e. The number of nitrogens with one attached hydrogen (secondary N) is 1. The van der Waals surface area contributed by atoms with Gasteiger partial charge in [-0.2, -0.15) is 0 Å². The van der Waals surface area contributed by atoms with Crippen LogP contribution in [0.5, 0.6) is 0 Å². The van der Waals surface area contributed by atoms with E-state index in [-0.39, 0.29) is 12.5 Å². The zero-order valence-corrected chi connectivity index (χ0v) is 15.7. The van der Waals surface area contributed by atoms with Crippen LogP contribution in [0.15, 0.2) is 54.6 Å². The number of hydrogen-bond acceptors (Lipinski definition) is 4. The van der Waals surface area contributed by atoms with Gasteiger partial charge in [-0.3, -0.25) is 9.69 Å². The second-order valence-electron chi connectivity index (χ2n) is 6.11. The van der Waals surface area contributed by atoms with Gasteiger partial charge in [0.2, 0.25) is 5.91 Å². The van der Waals surface area contributed by atoms with Crippen LogP contribution in [-0.4, -0.2) is 47.7 Å². The van der Waals surface area contributed by atoms with Gasteiger partial charge in [-0.05, 0) is 42.8 Å². The molecule has 0 saturated carbocycles. The van der Waals surface area contributed by atoms with Gasteiger partial charge in [0, 0.05) is 23.8 Å². The van der Waals surface area contributed by atoms with E-state index >= 15 is 0 Å². The molecule has 0 aromatic heterocycles. The van der Waals surface area contributed by atoms with Gasteiger partial charge in [0.15, 0.2) is 0 Å². The number of benzene rings is 2. The maximum Gasteiger partial charge on any atom is 0.244 e. The largest absolute Gasteiger partial charge is 0.390 e. The van der Waals surface area contributed by atoms with Gasteiger partial charge >= 0.3 is 0 Å². The van der Waals surface area contributed by atoms with Crippen LogP contribution in [0.1, 0.15) is 12.5 Å². The summed E-state index contributed by atoms with van der Waals surface area (Å²) in [7, 11) is 0. The number of halogens is 1. The number of nitrogens with two attached hydrogens (primary N) is 1. The molecule has 0 heterocycles. The molecule has 2 atom stereocenters. The molecule has 140 valence electrons. The van der Waals surface area contributed by atoms with Crippen molar-refractivity contribution in [2.24, 2.45) is 5.73 Å². The van der Waals surface area contributed by atoms with Crippen molar-refractivity contribution in [1.82, 2.24) is 4.90 Å². The van der Waals surface area contributed by atoms with Crippen LogP contribution in [0.3, 0.4) is 0 Å². The molecule has 2 aromatic rings. The van der Waals surface area contributed by atoms with Gasteiger partial charge < -0.3 is 16.2 Å².